The fourth-order valence-corrected chi connectivity index (χ4v) is 4.50. The van der Waals surface area contributed by atoms with Gasteiger partial charge < -0.3 is 4.90 Å². The highest BCUT2D eigenvalue weighted by molar-refractivity contribution is 6.99. The lowest BCUT2D eigenvalue weighted by atomic mass is 9.77. The van der Waals surface area contributed by atoms with Gasteiger partial charge in [0.25, 0.3) is 0 Å². The number of aryl methyl sites for hydroxylation is 1. The molecular weight excluding hydrogens is 254 g/mol. The predicted molar refractivity (Wildman–Crippen MR) is 79.7 cm³/mol. The van der Waals surface area contributed by atoms with Gasteiger partial charge in [-0.1, -0.05) is 26.2 Å². The van der Waals surface area contributed by atoms with Crippen molar-refractivity contribution in [1.29, 1.82) is 0 Å². The molecule has 1 aromatic rings. The molecule has 0 amide bonds. The standard InChI is InChI=1S/C15H25N3S/c1-2-3-4-5-7-13-14(17-19-16-13)15-8-6-10-18(12-15)11-9-15/h2-12H2,1H3. The molecule has 3 rings (SSSR count). The van der Waals surface area contributed by atoms with Crippen LogP contribution in [0.2, 0.25) is 0 Å². The van der Waals surface area contributed by atoms with Crippen LogP contribution >= 0.6 is 11.7 Å². The third-order valence-electron chi connectivity index (χ3n) is 4.89. The lowest BCUT2D eigenvalue weighted by Gasteiger charge is -2.33. The van der Waals surface area contributed by atoms with Crippen molar-refractivity contribution in [1.82, 2.24) is 13.6 Å². The summed E-state index contributed by atoms with van der Waals surface area (Å²) in [5.74, 6) is 0. The summed E-state index contributed by atoms with van der Waals surface area (Å²) in [6.07, 6.45) is 10.4. The van der Waals surface area contributed by atoms with Gasteiger partial charge >= 0.3 is 0 Å². The topological polar surface area (TPSA) is 29.0 Å². The largest absolute Gasteiger partial charge is 0.302 e. The molecule has 2 bridgehead atoms. The molecule has 0 aliphatic carbocycles. The molecule has 0 aromatic carbocycles. The van der Waals surface area contributed by atoms with Crippen LogP contribution in [0.25, 0.3) is 0 Å². The van der Waals surface area contributed by atoms with Crippen molar-refractivity contribution >= 4 is 11.7 Å². The molecule has 4 heteroatoms. The quantitative estimate of drug-likeness (QED) is 0.747. The lowest BCUT2D eigenvalue weighted by molar-refractivity contribution is 0.239. The van der Waals surface area contributed by atoms with Crippen LogP contribution in [-0.2, 0) is 11.8 Å². The van der Waals surface area contributed by atoms with Crippen LogP contribution in [0.4, 0.5) is 0 Å². The van der Waals surface area contributed by atoms with E-state index in [1.807, 2.05) is 0 Å². The van der Waals surface area contributed by atoms with E-state index in [4.69, 9.17) is 4.37 Å². The maximum Gasteiger partial charge on any atom is 0.0849 e. The summed E-state index contributed by atoms with van der Waals surface area (Å²) in [5, 5.41) is 0. The minimum absolute atomic E-state index is 0.366. The van der Waals surface area contributed by atoms with Gasteiger partial charge in [0.05, 0.1) is 23.1 Å². The van der Waals surface area contributed by atoms with Crippen molar-refractivity contribution in [2.24, 2.45) is 0 Å². The van der Waals surface area contributed by atoms with Crippen molar-refractivity contribution < 1.29 is 0 Å². The molecule has 2 aliphatic rings. The average Bonchev–Trinajstić information content (AvgIpc) is 3.01. The molecule has 2 fully saturated rings. The predicted octanol–water partition coefficient (Wildman–Crippen LogP) is 3.40. The van der Waals surface area contributed by atoms with E-state index >= 15 is 0 Å². The van der Waals surface area contributed by atoms with E-state index in [2.05, 4.69) is 16.2 Å². The second kappa shape index (κ2) is 5.88. The Morgan fingerprint density at radius 3 is 3.00 bits per heavy atom. The highest BCUT2D eigenvalue weighted by Gasteiger charge is 2.45. The van der Waals surface area contributed by atoms with Gasteiger partial charge in [-0.2, -0.15) is 8.75 Å². The number of aromatic nitrogens is 2. The minimum Gasteiger partial charge on any atom is -0.302 e. The first-order chi connectivity index (χ1) is 9.34. The van der Waals surface area contributed by atoms with Gasteiger partial charge in [-0.25, -0.2) is 0 Å². The van der Waals surface area contributed by atoms with Gasteiger partial charge in [0, 0.05) is 12.0 Å². The van der Waals surface area contributed by atoms with Gasteiger partial charge in [-0.3, -0.25) is 0 Å². The number of piperidine rings is 1. The Kier molecular flexibility index (Phi) is 4.18. The molecule has 2 unspecified atom stereocenters. The molecule has 0 spiro atoms. The average molecular weight is 279 g/mol. The van der Waals surface area contributed by atoms with Gasteiger partial charge in [-0.15, -0.1) is 0 Å². The van der Waals surface area contributed by atoms with E-state index < -0.39 is 0 Å². The fraction of sp³-hybridized carbons (Fsp3) is 0.867. The van der Waals surface area contributed by atoms with E-state index in [1.54, 1.807) is 0 Å². The fourth-order valence-electron chi connectivity index (χ4n) is 3.80. The number of hydrogen-bond donors (Lipinski definition) is 0. The molecule has 0 radical (unpaired) electrons. The maximum absolute atomic E-state index is 4.71. The summed E-state index contributed by atoms with van der Waals surface area (Å²) < 4.78 is 9.32. The van der Waals surface area contributed by atoms with Crippen LogP contribution in [-0.4, -0.2) is 33.3 Å². The molecule has 3 nitrogen and oxygen atoms in total. The van der Waals surface area contributed by atoms with E-state index in [0.717, 1.165) is 6.42 Å². The molecule has 19 heavy (non-hydrogen) atoms. The first-order valence-electron chi connectivity index (χ1n) is 7.88. The molecule has 106 valence electrons. The van der Waals surface area contributed by atoms with Crippen molar-refractivity contribution in [3.63, 3.8) is 0 Å². The number of fused-ring (bicyclic) bond motifs is 2. The normalized spacial score (nSPS) is 29.8. The lowest BCUT2D eigenvalue weighted by Crippen LogP contribution is -2.37. The number of unbranched alkanes of at least 4 members (excludes halogenated alkanes) is 3. The first-order valence-corrected chi connectivity index (χ1v) is 8.61. The first kappa shape index (κ1) is 13.5. The second-order valence-electron chi connectivity index (χ2n) is 6.28. The van der Waals surface area contributed by atoms with Crippen LogP contribution in [0.1, 0.15) is 63.3 Å². The van der Waals surface area contributed by atoms with Gasteiger partial charge in [0.1, 0.15) is 0 Å². The Morgan fingerprint density at radius 1 is 1.16 bits per heavy atom. The van der Waals surface area contributed by atoms with Gasteiger partial charge in [0.15, 0.2) is 0 Å². The Morgan fingerprint density at radius 2 is 2.11 bits per heavy atom. The van der Waals surface area contributed by atoms with Crippen molar-refractivity contribution in [2.75, 3.05) is 19.6 Å². The highest BCUT2D eigenvalue weighted by Crippen LogP contribution is 2.42. The summed E-state index contributed by atoms with van der Waals surface area (Å²) in [4.78, 5) is 2.61. The van der Waals surface area contributed by atoms with Crippen LogP contribution in [0, 0.1) is 0 Å². The molecule has 1 aromatic heterocycles. The van der Waals surface area contributed by atoms with E-state index in [0.29, 0.717) is 5.41 Å². The number of rotatable bonds is 6. The maximum atomic E-state index is 4.71. The molecule has 2 atom stereocenters. The third-order valence-corrected chi connectivity index (χ3v) is 5.45. The van der Waals surface area contributed by atoms with E-state index in [-0.39, 0.29) is 0 Å². The van der Waals surface area contributed by atoms with Gasteiger partial charge in [0.2, 0.25) is 0 Å². The van der Waals surface area contributed by atoms with E-state index in [9.17, 15) is 0 Å². The summed E-state index contributed by atoms with van der Waals surface area (Å²) in [7, 11) is 0. The number of hydrogen-bond acceptors (Lipinski definition) is 4. The van der Waals surface area contributed by atoms with Gasteiger partial charge in [-0.05, 0) is 45.2 Å². The smallest absolute Gasteiger partial charge is 0.0849 e. The van der Waals surface area contributed by atoms with E-state index in [1.165, 1.54) is 87.7 Å². The molecule has 0 saturated carbocycles. The van der Waals surface area contributed by atoms with Crippen molar-refractivity contribution in [3.8, 4) is 0 Å². The zero-order valence-corrected chi connectivity index (χ0v) is 12.8. The Bertz CT molecular complexity index is 413. The Labute approximate surface area is 120 Å². The summed E-state index contributed by atoms with van der Waals surface area (Å²) in [6.45, 7) is 6.07. The molecular formula is C15H25N3S. The Hall–Kier alpha value is -0.480. The zero-order valence-electron chi connectivity index (χ0n) is 12.0. The minimum atomic E-state index is 0.366. The van der Waals surface area contributed by atoms with Crippen LogP contribution < -0.4 is 0 Å². The second-order valence-corrected chi connectivity index (χ2v) is 6.81. The molecule has 3 heterocycles. The molecule has 2 saturated heterocycles. The summed E-state index contributed by atoms with van der Waals surface area (Å²) in [6, 6.07) is 0. The molecule has 0 N–H and O–H groups in total. The van der Waals surface area contributed by atoms with Crippen molar-refractivity contribution in [3.05, 3.63) is 11.4 Å². The SMILES string of the molecule is CCCCCCc1nsnc1C12CCCN(CC1)C2. The monoisotopic (exact) mass is 279 g/mol. The molecule has 2 aliphatic heterocycles. The van der Waals surface area contributed by atoms with Crippen LogP contribution in [0.3, 0.4) is 0 Å². The summed E-state index contributed by atoms with van der Waals surface area (Å²) in [5.41, 5.74) is 3.06. The highest BCUT2D eigenvalue weighted by atomic mass is 32.1. The third kappa shape index (κ3) is 2.70. The van der Waals surface area contributed by atoms with Crippen LogP contribution in [0.5, 0.6) is 0 Å². The van der Waals surface area contributed by atoms with Crippen molar-refractivity contribution in [2.45, 2.75) is 63.7 Å². The Balaban J connectivity index is 1.69. The summed E-state index contributed by atoms with van der Waals surface area (Å²) >= 11 is 1.44. The van der Waals surface area contributed by atoms with Crippen LogP contribution in [0.15, 0.2) is 0 Å². The number of nitrogens with zero attached hydrogens (tertiary/aromatic N) is 3. The zero-order chi connectivity index (χ0) is 13.1.